The molecule has 0 aromatic rings. The van der Waals surface area contributed by atoms with Crippen molar-refractivity contribution in [1.82, 2.24) is 13.4 Å². The Hall–Kier alpha value is 0.884. The molecule has 2 unspecified atom stereocenters. The Balaban J connectivity index is 2.23. The molecular weight excluding hydrogens is 491 g/mol. The second-order valence-electron chi connectivity index (χ2n) is 14.5. The number of hydrogen-bond donors (Lipinski definition) is 0. The highest BCUT2D eigenvalue weighted by molar-refractivity contribution is 6.88. The Morgan fingerprint density at radius 2 is 1.06 bits per heavy atom. The minimum atomic E-state index is -2.67. The van der Waals surface area contributed by atoms with Gasteiger partial charge in [-0.1, -0.05) is 79.8 Å². The van der Waals surface area contributed by atoms with Crippen LogP contribution in [-0.2, 0) is 8.85 Å². The summed E-state index contributed by atoms with van der Waals surface area (Å²) in [6.45, 7) is 29.3. The molecule has 0 spiro atoms. The molecule has 3 fully saturated rings. The summed E-state index contributed by atoms with van der Waals surface area (Å²) in [4.78, 5) is 2.39. The van der Waals surface area contributed by atoms with Gasteiger partial charge in [-0.2, -0.15) is 0 Å². The van der Waals surface area contributed by atoms with Gasteiger partial charge in [-0.05, 0) is 30.0 Å². The van der Waals surface area contributed by atoms with Crippen LogP contribution in [0.3, 0.4) is 0 Å². The fraction of sp³-hybridized carbons (Fsp3) is 1.00. The van der Waals surface area contributed by atoms with Gasteiger partial charge in [0.1, 0.15) is 16.5 Å². The van der Waals surface area contributed by atoms with Gasteiger partial charge in [0.05, 0.1) is 19.4 Å². The Kier molecular flexibility index (Phi) is 8.60. The predicted octanol–water partition coefficient (Wildman–Crippen LogP) is 3.36. The van der Waals surface area contributed by atoms with Crippen LogP contribution < -0.4 is 0 Å². The zero-order valence-electron chi connectivity index (χ0n) is 23.9. The van der Waals surface area contributed by atoms with Crippen molar-refractivity contribution in [3.05, 3.63) is 0 Å². The summed E-state index contributed by atoms with van der Waals surface area (Å²) in [5.41, 5.74) is 1.26. The number of rotatable bonds is 4. The van der Waals surface area contributed by atoms with E-state index >= 15 is 0 Å². The van der Waals surface area contributed by atoms with Crippen molar-refractivity contribution in [2.45, 2.75) is 103 Å². The molecule has 5 nitrogen and oxygen atoms in total. The number of nitrogens with zero attached hydrogens (tertiary/aromatic N) is 3. The van der Waals surface area contributed by atoms with Gasteiger partial charge in [0.2, 0.25) is 0 Å². The molecule has 0 aromatic carbocycles. The summed E-state index contributed by atoms with van der Waals surface area (Å²) in [6, 6.07) is 5.91. The molecule has 3 heterocycles. The van der Waals surface area contributed by atoms with Crippen molar-refractivity contribution in [2.24, 2.45) is 10.8 Å². The molecular formula is C23H55N3O2Si5. The lowest BCUT2D eigenvalue weighted by atomic mass is 9.96. The lowest BCUT2D eigenvalue weighted by Gasteiger charge is -2.60. The fourth-order valence-electron chi connectivity index (χ4n) is 7.13. The van der Waals surface area contributed by atoms with Crippen molar-refractivity contribution in [3.63, 3.8) is 0 Å². The Labute approximate surface area is 213 Å². The van der Waals surface area contributed by atoms with Crippen molar-refractivity contribution >= 4 is 44.4 Å². The van der Waals surface area contributed by atoms with Crippen LogP contribution in [-0.4, -0.2) is 102 Å². The van der Waals surface area contributed by atoms with E-state index in [9.17, 15) is 0 Å². The zero-order valence-corrected chi connectivity index (χ0v) is 29.7. The highest BCUT2D eigenvalue weighted by Gasteiger charge is 2.66. The highest BCUT2D eigenvalue weighted by atomic mass is 28.4. The van der Waals surface area contributed by atoms with E-state index in [1.54, 1.807) is 0 Å². The smallest absolute Gasteiger partial charge is 0.372 e. The van der Waals surface area contributed by atoms with E-state index in [0.717, 1.165) is 26.3 Å². The van der Waals surface area contributed by atoms with Crippen LogP contribution in [0.25, 0.3) is 0 Å². The third-order valence-corrected chi connectivity index (χ3v) is 32.7. The Morgan fingerprint density at radius 3 is 1.33 bits per heavy atom. The molecule has 0 amide bonds. The SMILES string of the molecule is CN1CCO[Si](C(N2[SiH2]CC[Si]2(C)C)C(C)(C)C)(C(N2[SiH2]CC[Si]2(C)C)C(C)(C)C)OCC1. The van der Waals surface area contributed by atoms with Crippen LogP contribution in [0.15, 0.2) is 0 Å². The van der Waals surface area contributed by atoms with Crippen molar-refractivity contribution < 1.29 is 8.85 Å². The maximum absolute atomic E-state index is 7.41. The monoisotopic (exact) mass is 545 g/mol. The fourth-order valence-corrected chi connectivity index (χ4v) is 37.7. The van der Waals surface area contributed by atoms with Crippen LogP contribution in [0, 0.1) is 10.8 Å². The molecule has 0 bridgehead atoms. The molecule has 0 N–H and O–H groups in total. The quantitative estimate of drug-likeness (QED) is 0.505. The molecule has 3 aliphatic heterocycles. The van der Waals surface area contributed by atoms with Crippen LogP contribution in [0.1, 0.15) is 41.5 Å². The maximum atomic E-state index is 7.41. The number of likely N-dealkylation sites (N-methyl/N-ethyl adjacent to an activating group) is 1. The minimum absolute atomic E-state index is 0.162. The maximum Gasteiger partial charge on any atom is 0.372 e. The molecule has 10 heteroatoms. The molecule has 0 radical (unpaired) electrons. The van der Waals surface area contributed by atoms with Crippen molar-refractivity contribution in [1.29, 1.82) is 0 Å². The second kappa shape index (κ2) is 9.98. The van der Waals surface area contributed by atoms with E-state index in [-0.39, 0.29) is 30.2 Å². The molecule has 2 atom stereocenters. The zero-order chi connectivity index (χ0) is 24.9. The summed E-state index contributed by atoms with van der Waals surface area (Å²) in [7, 11) is -3.81. The van der Waals surface area contributed by atoms with Gasteiger partial charge in [0.25, 0.3) is 0 Å². The van der Waals surface area contributed by atoms with E-state index in [2.05, 4.69) is 88.1 Å². The first-order valence-corrected chi connectivity index (χ1v) is 25.1. The molecule has 0 saturated carbocycles. The summed E-state index contributed by atoms with van der Waals surface area (Å²) in [6.07, 6.45) is 0. The van der Waals surface area contributed by atoms with Gasteiger partial charge in [0, 0.05) is 37.6 Å². The van der Waals surface area contributed by atoms with E-state index in [1.807, 2.05) is 0 Å². The summed E-state index contributed by atoms with van der Waals surface area (Å²) < 4.78 is 21.1. The van der Waals surface area contributed by atoms with Gasteiger partial charge < -0.3 is 22.2 Å². The second-order valence-corrected chi connectivity index (χ2v) is 31.9. The largest absolute Gasteiger partial charge is 0.391 e. The summed E-state index contributed by atoms with van der Waals surface area (Å²) >= 11 is 0. The first-order chi connectivity index (χ1) is 15.0. The lowest BCUT2D eigenvalue weighted by molar-refractivity contribution is 0.0524. The van der Waals surface area contributed by atoms with Gasteiger partial charge in [-0.15, -0.1) is 0 Å². The van der Waals surface area contributed by atoms with E-state index in [4.69, 9.17) is 8.85 Å². The first-order valence-electron chi connectivity index (χ1n) is 13.5. The Morgan fingerprint density at radius 1 is 0.697 bits per heavy atom. The average molecular weight is 546 g/mol. The van der Waals surface area contributed by atoms with E-state index < -0.39 is 25.0 Å². The van der Waals surface area contributed by atoms with Crippen molar-refractivity contribution in [3.8, 4) is 0 Å². The normalized spacial score (nSPS) is 31.0. The summed E-state index contributed by atoms with van der Waals surface area (Å²) in [5.74, 6) is 0. The molecule has 194 valence electrons. The van der Waals surface area contributed by atoms with Gasteiger partial charge >= 0.3 is 8.56 Å². The van der Waals surface area contributed by atoms with Crippen LogP contribution >= 0.6 is 0 Å². The highest BCUT2D eigenvalue weighted by Crippen LogP contribution is 2.47. The molecule has 3 saturated heterocycles. The van der Waals surface area contributed by atoms with Gasteiger partial charge in [-0.3, -0.25) is 0 Å². The third-order valence-electron chi connectivity index (χ3n) is 8.56. The van der Waals surface area contributed by atoms with Gasteiger partial charge in [0.15, 0.2) is 0 Å². The molecule has 0 aliphatic carbocycles. The van der Waals surface area contributed by atoms with Crippen LogP contribution in [0.4, 0.5) is 0 Å². The molecule has 0 aromatic heterocycles. The minimum Gasteiger partial charge on any atom is -0.391 e. The van der Waals surface area contributed by atoms with Gasteiger partial charge in [-0.25, -0.2) is 0 Å². The first kappa shape index (κ1) is 28.5. The average Bonchev–Trinajstić information content (AvgIpc) is 3.12. The molecule has 3 rings (SSSR count). The topological polar surface area (TPSA) is 28.2 Å². The van der Waals surface area contributed by atoms with E-state index in [1.165, 1.54) is 24.2 Å². The summed E-state index contributed by atoms with van der Waals surface area (Å²) in [5, 5.41) is 0. The molecule has 3 aliphatic rings. The number of hydrogen-bond acceptors (Lipinski definition) is 5. The van der Waals surface area contributed by atoms with Crippen LogP contribution in [0.5, 0.6) is 0 Å². The van der Waals surface area contributed by atoms with Crippen LogP contribution in [0.2, 0.25) is 50.4 Å². The standard InChI is InChI=1S/C23H55N3O2Si5/c1-22(2,3)20(25-29-16-18-31(25,8)9)33(27-14-12-24(7)13-15-28-33)21(23(4,5)6)26-30-17-19-32(26,10)11/h20-21H,12-19,29-30H2,1-11H3. The predicted molar refractivity (Wildman–Crippen MR) is 157 cm³/mol. The third kappa shape index (κ3) is 5.90. The molecule has 33 heavy (non-hydrogen) atoms. The Bertz CT molecular complexity index is 624. The van der Waals surface area contributed by atoms with Crippen molar-refractivity contribution in [2.75, 3.05) is 33.4 Å². The van der Waals surface area contributed by atoms with E-state index in [0.29, 0.717) is 11.3 Å². The lowest BCUT2D eigenvalue weighted by Crippen LogP contribution is -2.80.